The number of thiophene rings is 1. The molecule has 0 radical (unpaired) electrons. The maximum Gasteiger partial charge on any atom is 0.343 e. The van der Waals surface area contributed by atoms with Crippen LogP contribution in [-0.2, 0) is 14.3 Å². The molecule has 1 aromatic heterocycles. The normalized spacial score (nSPS) is 12.1. The zero-order valence-corrected chi connectivity index (χ0v) is 8.67. The summed E-state index contributed by atoms with van der Waals surface area (Å²) in [6, 6.07) is 3.38. The second kappa shape index (κ2) is 4.88. The van der Waals surface area contributed by atoms with E-state index >= 15 is 0 Å². The first kappa shape index (κ1) is 10.9. The van der Waals surface area contributed by atoms with Crippen LogP contribution >= 0.6 is 11.3 Å². The summed E-state index contributed by atoms with van der Waals surface area (Å²) in [7, 11) is 2.52. The minimum absolute atomic E-state index is 0.366. The van der Waals surface area contributed by atoms with Gasteiger partial charge in [-0.1, -0.05) is 6.07 Å². The molecule has 0 saturated heterocycles. The Morgan fingerprint density at radius 1 is 1.43 bits per heavy atom. The third-order valence-corrected chi connectivity index (χ3v) is 2.54. The second-order valence-electron chi connectivity index (χ2n) is 2.48. The second-order valence-corrected chi connectivity index (χ2v) is 3.43. The van der Waals surface area contributed by atoms with Gasteiger partial charge in [-0.3, -0.25) is 4.79 Å². The van der Waals surface area contributed by atoms with Crippen molar-refractivity contribution in [1.82, 2.24) is 0 Å². The molecular weight excluding hydrogens is 204 g/mol. The summed E-state index contributed by atoms with van der Waals surface area (Å²) in [5.41, 5.74) is 0. The van der Waals surface area contributed by atoms with E-state index in [9.17, 15) is 9.59 Å². The number of rotatable bonds is 4. The van der Waals surface area contributed by atoms with Gasteiger partial charge in [-0.25, -0.2) is 4.79 Å². The fourth-order valence-electron chi connectivity index (χ4n) is 0.965. The monoisotopic (exact) mass is 214 g/mol. The quantitative estimate of drug-likeness (QED) is 0.428. The highest BCUT2D eigenvalue weighted by Crippen LogP contribution is 2.13. The lowest BCUT2D eigenvalue weighted by molar-refractivity contribution is -0.149. The smallest absolute Gasteiger partial charge is 0.343 e. The molecule has 5 heteroatoms. The van der Waals surface area contributed by atoms with Gasteiger partial charge in [-0.05, 0) is 11.4 Å². The number of ether oxygens (including phenoxy) is 2. The zero-order chi connectivity index (χ0) is 10.6. The number of esters is 1. The minimum atomic E-state index is -1.15. The average molecular weight is 214 g/mol. The summed E-state index contributed by atoms with van der Waals surface area (Å²) < 4.78 is 9.21. The van der Waals surface area contributed by atoms with Crippen molar-refractivity contribution >= 4 is 23.1 Å². The molecule has 4 nitrogen and oxygen atoms in total. The molecule has 0 amide bonds. The van der Waals surface area contributed by atoms with Gasteiger partial charge in [0.25, 0.3) is 0 Å². The van der Waals surface area contributed by atoms with Gasteiger partial charge < -0.3 is 9.47 Å². The fourth-order valence-corrected chi connectivity index (χ4v) is 1.65. The van der Waals surface area contributed by atoms with E-state index in [1.807, 2.05) is 0 Å². The van der Waals surface area contributed by atoms with Crippen LogP contribution in [0.15, 0.2) is 17.5 Å². The summed E-state index contributed by atoms with van der Waals surface area (Å²) in [5, 5.41) is 1.76. The number of methoxy groups -OCH3 is 2. The van der Waals surface area contributed by atoms with Crippen molar-refractivity contribution in [3.8, 4) is 0 Å². The maximum atomic E-state index is 11.6. The van der Waals surface area contributed by atoms with Crippen LogP contribution < -0.4 is 0 Å². The maximum absolute atomic E-state index is 11.6. The standard InChI is InChI=1S/C9H10O4S/c1-12-8(9(11)13-2)7(10)6-4-3-5-14-6/h3-5,8H,1-2H3. The zero-order valence-electron chi connectivity index (χ0n) is 7.85. The van der Waals surface area contributed by atoms with Gasteiger partial charge in [0.1, 0.15) is 0 Å². The average Bonchev–Trinajstić information content (AvgIpc) is 2.71. The van der Waals surface area contributed by atoms with Crippen LogP contribution in [-0.4, -0.2) is 32.1 Å². The Kier molecular flexibility index (Phi) is 3.79. The Labute approximate surface area is 85.4 Å². The Hall–Kier alpha value is -1.20. The first-order valence-electron chi connectivity index (χ1n) is 3.89. The molecule has 0 bridgehead atoms. The van der Waals surface area contributed by atoms with Crippen molar-refractivity contribution in [2.24, 2.45) is 0 Å². The van der Waals surface area contributed by atoms with Gasteiger partial charge in [-0.15, -0.1) is 11.3 Å². The van der Waals surface area contributed by atoms with E-state index in [2.05, 4.69) is 4.74 Å². The SMILES string of the molecule is COC(=O)C(OC)C(=O)c1cccs1. The van der Waals surface area contributed by atoms with E-state index in [-0.39, 0.29) is 5.78 Å². The highest BCUT2D eigenvalue weighted by molar-refractivity contribution is 7.12. The van der Waals surface area contributed by atoms with Crippen LogP contribution in [0.3, 0.4) is 0 Å². The van der Waals surface area contributed by atoms with Crippen molar-refractivity contribution < 1.29 is 19.1 Å². The molecule has 1 rings (SSSR count). The molecule has 0 aliphatic heterocycles. The predicted molar refractivity (Wildman–Crippen MR) is 51.5 cm³/mol. The highest BCUT2D eigenvalue weighted by atomic mass is 32.1. The van der Waals surface area contributed by atoms with Crippen LogP contribution in [0.2, 0.25) is 0 Å². The number of carbonyl (C=O) groups excluding carboxylic acids is 2. The Morgan fingerprint density at radius 2 is 2.14 bits per heavy atom. The molecular formula is C9H10O4S. The molecule has 0 fully saturated rings. The molecule has 0 aliphatic carbocycles. The summed E-state index contributed by atoms with van der Waals surface area (Å²) in [5.74, 6) is -1.04. The lowest BCUT2D eigenvalue weighted by Crippen LogP contribution is -2.32. The molecule has 1 aromatic rings. The minimum Gasteiger partial charge on any atom is -0.467 e. The van der Waals surface area contributed by atoms with Crippen LogP contribution in [0, 0.1) is 0 Å². The van der Waals surface area contributed by atoms with E-state index in [0.717, 1.165) is 0 Å². The molecule has 1 atom stereocenters. The number of carbonyl (C=O) groups is 2. The van der Waals surface area contributed by atoms with E-state index in [1.54, 1.807) is 17.5 Å². The molecule has 0 N–H and O–H groups in total. The van der Waals surface area contributed by atoms with E-state index in [1.165, 1.54) is 25.6 Å². The summed E-state index contributed by atoms with van der Waals surface area (Å²) in [4.78, 5) is 23.2. The summed E-state index contributed by atoms with van der Waals surface area (Å²) in [6.07, 6.45) is -1.15. The highest BCUT2D eigenvalue weighted by Gasteiger charge is 2.28. The topological polar surface area (TPSA) is 52.6 Å². The van der Waals surface area contributed by atoms with Gasteiger partial charge in [0.2, 0.25) is 11.9 Å². The molecule has 0 aliphatic rings. The number of hydrogen-bond donors (Lipinski definition) is 0. The third kappa shape index (κ3) is 2.18. The van der Waals surface area contributed by atoms with Gasteiger partial charge in [0.15, 0.2) is 0 Å². The van der Waals surface area contributed by atoms with Gasteiger partial charge >= 0.3 is 5.97 Å². The van der Waals surface area contributed by atoms with Crippen LogP contribution in [0.5, 0.6) is 0 Å². The fraction of sp³-hybridized carbons (Fsp3) is 0.333. The molecule has 14 heavy (non-hydrogen) atoms. The Morgan fingerprint density at radius 3 is 2.57 bits per heavy atom. The van der Waals surface area contributed by atoms with E-state index in [0.29, 0.717) is 4.88 Å². The van der Waals surface area contributed by atoms with Crippen molar-refractivity contribution in [1.29, 1.82) is 0 Å². The van der Waals surface area contributed by atoms with Gasteiger partial charge in [-0.2, -0.15) is 0 Å². The van der Waals surface area contributed by atoms with Crippen molar-refractivity contribution in [2.75, 3.05) is 14.2 Å². The largest absolute Gasteiger partial charge is 0.467 e. The van der Waals surface area contributed by atoms with Gasteiger partial charge in [0.05, 0.1) is 12.0 Å². The van der Waals surface area contributed by atoms with E-state index < -0.39 is 12.1 Å². The van der Waals surface area contributed by atoms with Crippen molar-refractivity contribution in [2.45, 2.75) is 6.10 Å². The predicted octanol–water partition coefficient (Wildman–Crippen LogP) is 1.12. The number of hydrogen-bond acceptors (Lipinski definition) is 5. The number of ketones is 1. The Bertz CT molecular complexity index is 318. The Balaban J connectivity index is 2.81. The van der Waals surface area contributed by atoms with E-state index in [4.69, 9.17) is 4.74 Å². The molecule has 76 valence electrons. The number of Topliss-reactive ketones (excluding diaryl/α,β-unsaturated/α-hetero) is 1. The third-order valence-electron chi connectivity index (χ3n) is 1.65. The van der Waals surface area contributed by atoms with Crippen molar-refractivity contribution in [3.63, 3.8) is 0 Å². The summed E-state index contributed by atoms with van der Waals surface area (Å²) in [6.45, 7) is 0. The van der Waals surface area contributed by atoms with Crippen LogP contribution in [0.4, 0.5) is 0 Å². The molecule has 1 unspecified atom stereocenters. The lowest BCUT2D eigenvalue weighted by atomic mass is 10.2. The first-order valence-corrected chi connectivity index (χ1v) is 4.77. The van der Waals surface area contributed by atoms with Crippen molar-refractivity contribution in [3.05, 3.63) is 22.4 Å². The molecule has 1 heterocycles. The first-order chi connectivity index (χ1) is 6.70. The van der Waals surface area contributed by atoms with Crippen LogP contribution in [0.1, 0.15) is 9.67 Å². The summed E-state index contributed by atoms with van der Waals surface area (Å²) >= 11 is 1.27. The molecule has 0 aromatic carbocycles. The van der Waals surface area contributed by atoms with Gasteiger partial charge in [0, 0.05) is 7.11 Å². The van der Waals surface area contributed by atoms with Crippen LogP contribution in [0.25, 0.3) is 0 Å². The lowest BCUT2D eigenvalue weighted by Gasteiger charge is -2.09. The molecule has 0 spiro atoms. The molecule has 0 saturated carbocycles.